The van der Waals surface area contributed by atoms with E-state index in [0.29, 0.717) is 17.4 Å². The molecule has 1 heterocycles. The van der Waals surface area contributed by atoms with Gasteiger partial charge < -0.3 is 10.5 Å². The predicted molar refractivity (Wildman–Crippen MR) is 68.5 cm³/mol. The van der Waals surface area contributed by atoms with E-state index in [1.807, 2.05) is 31.2 Å². The summed E-state index contributed by atoms with van der Waals surface area (Å²) < 4.78 is 6.96. The van der Waals surface area contributed by atoms with E-state index >= 15 is 0 Å². The Morgan fingerprint density at radius 3 is 2.71 bits per heavy atom. The van der Waals surface area contributed by atoms with Crippen molar-refractivity contribution >= 4 is 17.4 Å². The SMILES string of the molecule is COc1ccccc1Cn1nc(C)c(Cl)c1N. The maximum absolute atomic E-state index is 6.00. The van der Waals surface area contributed by atoms with Crippen LogP contribution in [0.4, 0.5) is 5.82 Å². The fraction of sp³-hybridized carbons (Fsp3) is 0.250. The first-order chi connectivity index (χ1) is 8.13. The molecule has 4 nitrogen and oxygen atoms in total. The Hall–Kier alpha value is -1.68. The molecule has 0 atom stereocenters. The molecule has 0 radical (unpaired) electrons. The van der Waals surface area contributed by atoms with Crippen molar-refractivity contribution in [1.29, 1.82) is 0 Å². The quantitative estimate of drug-likeness (QED) is 0.912. The molecule has 0 saturated heterocycles. The number of aromatic nitrogens is 2. The number of benzene rings is 1. The van der Waals surface area contributed by atoms with E-state index < -0.39 is 0 Å². The molecule has 0 bridgehead atoms. The van der Waals surface area contributed by atoms with Crippen molar-refractivity contribution in [2.24, 2.45) is 0 Å². The van der Waals surface area contributed by atoms with Gasteiger partial charge in [-0.1, -0.05) is 29.8 Å². The standard InChI is InChI=1S/C12H14ClN3O/c1-8-11(13)12(14)16(15-8)7-9-5-3-4-6-10(9)17-2/h3-6H,7,14H2,1-2H3. The van der Waals surface area contributed by atoms with Gasteiger partial charge in [-0.05, 0) is 13.0 Å². The summed E-state index contributed by atoms with van der Waals surface area (Å²) in [7, 11) is 1.64. The molecule has 0 aliphatic carbocycles. The summed E-state index contributed by atoms with van der Waals surface area (Å²) in [5.41, 5.74) is 7.62. The van der Waals surface area contributed by atoms with Crippen molar-refractivity contribution < 1.29 is 4.74 Å². The second-order valence-electron chi connectivity index (χ2n) is 3.75. The van der Waals surface area contributed by atoms with E-state index in [1.165, 1.54) is 0 Å². The lowest BCUT2D eigenvalue weighted by Crippen LogP contribution is -2.07. The molecular weight excluding hydrogens is 238 g/mol. The summed E-state index contributed by atoms with van der Waals surface area (Å²) in [4.78, 5) is 0. The molecule has 1 aromatic carbocycles. The van der Waals surface area contributed by atoms with Gasteiger partial charge in [-0.3, -0.25) is 0 Å². The fourth-order valence-corrected chi connectivity index (χ4v) is 1.83. The minimum Gasteiger partial charge on any atom is -0.496 e. The maximum atomic E-state index is 6.00. The van der Waals surface area contributed by atoms with Gasteiger partial charge in [-0.2, -0.15) is 5.10 Å². The molecule has 5 heteroatoms. The van der Waals surface area contributed by atoms with Crippen LogP contribution < -0.4 is 10.5 Å². The number of anilines is 1. The van der Waals surface area contributed by atoms with Gasteiger partial charge in [-0.15, -0.1) is 0 Å². The third-order valence-corrected chi connectivity index (χ3v) is 3.07. The van der Waals surface area contributed by atoms with Crippen LogP contribution in [0.1, 0.15) is 11.3 Å². The van der Waals surface area contributed by atoms with Crippen molar-refractivity contribution in [3.63, 3.8) is 0 Å². The van der Waals surface area contributed by atoms with Gasteiger partial charge in [-0.25, -0.2) is 4.68 Å². The number of nitrogens with zero attached hydrogens (tertiary/aromatic N) is 2. The highest BCUT2D eigenvalue weighted by Crippen LogP contribution is 2.25. The van der Waals surface area contributed by atoms with Gasteiger partial charge >= 0.3 is 0 Å². The molecule has 2 aromatic rings. The number of rotatable bonds is 3. The molecule has 2 rings (SSSR count). The Morgan fingerprint density at radius 2 is 2.12 bits per heavy atom. The van der Waals surface area contributed by atoms with E-state index in [-0.39, 0.29) is 0 Å². The average molecular weight is 252 g/mol. The predicted octanol–water partition coefficient (Wildman–Crippen LogP) is 2.48. The zero-order chi connectivity index (χ0) is 12.4. The van der Waals surface area contributed by atoms with Gasteiger partial charge in [0.25, 0.3) is 0 Å². The van der Waals surface area contributed by atoms with Crippen molar-refractivity contribution in [1.82, 2.24) is 9.78 Å². The lowest BCUT2D eigenvalue weighted by Gasteiger charge is -2.09. The number of hydrogen-bond acceptors (Lipinski definition) is 3. The van der Waals surface area contributed by atoms with Crippen LogP contribution in [-0.2, 0) is 6.54 Å². The summed E-state index contributed by atoms with van der Waals surface area (Å²) in [6, 6.07) is 7.76. The Labute approximate surface area is 105 Å². The minimum absolute atomic E-state index is 0.482. The molecule has 90 valence electrons. The van der Waals surface area contributed by atoms with E-state index in [4.69, 9.17) is 22.1 Å². The van der Waals surface area contributed by atoms with Crippen molar-refractivity contribution in [3.05, 3.63) is 40.5 Å². The van der Waals surface area contributed by atoms with Crippen molar-refractivity contribution in [3.8, 4) is 5.75 Å². The van der Waals surface area contributed by atoms with Crippen LogP contribution in [0.15, 0.2) is 24.3 Å². The molecule has 17 heavy (non-hydrogen) atoms. The number of ether oxygens (including phenoxy) is 1. The van der Waals surface area contributed by atoms with Crippen LogP contribution in [0.25, 0.3) is 0 Å². The summed E-state index contributed by atoms with van der Waals surface area (Å²) in [5, 5.41) is 4.80. The number of hydrogen-bond donors (Lipinski definition) is 1. The summed E-state index contributed by atoms with van der Waals surface area (Å²) >= 11 is 6.00. The van der Waals surface area contributed by atoms with Gasteiger partial charge in [0.2, 0.25) is 0 Å². The average Bonchev–Trinajstić information content (AvgIpc) is 2.58. The summed E-state index contributed by atoms with van der Waals surface area (Å²) in [5.74, 6) is 1.30. The first-order valence-electron chi connectivity index (χ1n) is 5.23. The highest BCUT2D eigenvalue weighted by atomic mass is 35.5. The van der Waals surface area contributed by atoms with Crippen LogP contribution >= 0.6 is 11.6 Å². The molecular formula is C12H14ClN3O. The van der Waals surface area contributed by atoms with E-state index in [1.54, 1.807) is 11.8 Å². The number of aryl methyl sites for hydroxylation is 1. The molecule has 2 N–H and O–H groups in total. The first-order valence-corrected chi connectivity index (χ1v) is 5.61. The highest BCUT2D eigenvalue weighted by Gasteiger charge is 2.11. The number of para-hydroxylation sites is 1. The number of methoxy groups -OCH3 is 1. The van der Waals surface area contributed by atoms with Gasteiger partial charge in [0, 0.05) is 5.56 Å². The minimum atomic E-state index is 0.482. The second-order valence-corrected chi connectivity index (χ2v) is 4.13. The van der Waals surface area contributed by atoms with Crippen LogP contribution in [0, 0.1) is 6.92 Å². The summed E-state index contributed by atoms with van der Waals surface area (Å²) in [6.45, 7) is 2.38. The highest BCUT2D eigenvalue weighted by molar-refractivity contribution is 6.33. The zero-order valence-corrected chi connectivity index (χ0v) is 10.5. The van der Waals surface area contributed by atoms with E-state index in [0.717, 1.165) is 17.0 Å². The third-order valence-electron chi connectivity index (χ3n) is 2.60. The van der Waals surface area contributed by atoms with Crippen LogP contribution in [0.5, 0.6) is 5.75 Å². The molecule has 0 fully saturated rings. The Kier molecular flexibility index (Phi) is 3.24. The Morgan fingerprint density at radius 1 is 1.41 bits per heavy atom. The molecule has 0 aliphatic rings. The lowest BCUT2D eigenvalue weighted by atomic mass is 10.2. The van der Waals surface area contributed by atoms with Crippen LogP contribution in [0.2, 0.25) is 5.02 Å². The van der Waals surface area contributed by atoms with Gasteiger partial charge in [0.05, 0.1) is 19.3 Å². The van der Waals surface area contributed by atoms with Crippen LogP contribution in [0.3, 0.4) is 0 Å². The molecule has 0 aliphatic heterocycles. The Bertz CT molecular complexity index is 537. The Balaban J connectivity index is 2.34. The molecule has 0 amide bonds. The zero-order valence-electron chi connectivity index (χ0n) is 9.77. The molecule has 0 spiro atoms. The number of nitrogen functional groups attached to an aromatic ring is 1. The van der Waals surface area contributed by atoms with Crippen LogP contribution in [-0.4, -0.2) is 16.9 Å². The van der Waals surface area contributed by atoms with E-state index in [2.05, 4.69) is 5.10 Å². The van der Waals surface area contributed by atoms with Crippen molar-refractivity contribution in [2.45, 2.75) is 13.5 Å². The normalized spacial score (nSPS) is 10.5. The van der Waals surface area contributed by atoms with Gasteiger partial charge in [0.1, 0.15) is 16.6 Å². The lowest BCUT2D eigenvalue weighted by molar-refractivity contribution is 0.407. The smallest absolute Gasteiger partial charge is 0.141 e. The topological polar surface area (TPSA) is 53.1 Å². The third kappa shape index (κ3) is 2.22. The van der Waals surface area contributed by atoms with Gasteiger partial charge in [0.15, 0.2) is 0 Å². The maximum Gasteiger partial charge on any atom is 0.141 e. The monoisotopic (exact) mass is 251 g/mol. The number of halogens is 1. The fourth-order valence-electron chi connectivity index (χ4n) is 1.69. The molecule has 1 aromatic heterocycles. The first kappa shape index (κ1) is 11.8. The second kappa shape index (κ2) is 4.67. The summed E-state index contributed by atoms with van der Waals surface area (Å²) in [6.07, 6.45) is 0. The number of nitrogens with two attached hydrogens (primary N) is 1. The molecule has 0 saturated carbocycles. The molecule has 0 unspecified atom stereocenters. The largest absolute Gasteiger partial charge is 0.496 e. The van der Waals surface area contributed by atoms with E-state index in [9.17, 15) is 0 Å². The van der Waals surface area contributed by atoms with Crippen molar-refractivity contribution in [2.75, 3.05) is 12.8 Å².